The summed E-state index contributed by atoms with van der Waals surface area (Å²) in [5.41, 5.74) is 5.25. The van der Waals surface area contributed by atoms with Crippen LogP contribution in [0.3, 0.4) is 0 Å². The first-order chi connectivity index (χ1) is 6.51. The van der Waals surface area contributed by atoms with E-state index in [1.54, 1.807) is 6.92 Å². The van der Waals surface area contributed by atoms with Gasteiger partial charge in [-0.25, -0.2) is 4.39 Å². The van der Waals surface area contributed by atoms with Crippen LogP contribution in [0.15, 0.2) is 18.2 Å². The Morgan fingerprint density at radius 1 is 1.57 bits per heavy atom. The topological polar surface area (TPSA) is 55.5 Å². The summed E-state index contributed by atoms with van der Waals surface area (Å²) in [5, 5.41) is 9.06. The van der Waals surface area contributed by atoms with Crippen molar-refractivity contribution in [3.05, 3.63) is 29.6 Å². The molecule has 0 fully saturated rings. The second kappa shape index (κ2) is 3.94. The van der Waals surface area contributed by atoms with Gasteiger partial charge in [-0.2, -0.15) is 0 Å². The molecule has 0 heterocycles. The highest BCUT2D eigenvalue weighted by Crippen LogP contribution is 2.28. The third-order valence-corrected chi connectivity index (χ3v) is 2.11. The van der Waals surface area contributed by atoms with Crippen molar-refractivity contribution in [2.24, 2.45) is 5.73 Å². The van der Waals surface area contributed by atoms with Gasteiger partial charge in [0.25, 0.3) is 0 Å². The summed E-state index contributed by atoms with van der Waals surface area (Å²) in [6.07, 6.45) is 0. The van der Waals surface area contributed by atoms with Gasteiger partial charge in [0, 0.05) is 5.56 Å². The molecular formula is C10H14FNO2. The molecule has 0 saturated heterocycles. The van der Waals surface area contributed by atoms with Gasteiger partial charge >= 0.3 is 0 Å². The van der Waals surface area contributed by atoms with Crippen LogP contribution >= 0.6 is 0 Å². The van der Waals surface area contributed by atoms with Gasteiger partial charge in [0.2, 0.25) is 0 Å². The number of benzene rings is 1. The van der Waals surface area contributed by atoms with Gasteiger partial charge in [0.1, 0.15) is 11.6 Å². The number of halogens is 1. The van der Waals surface area contributed by atoms with Crippen LogP contribution < -0.4 is 10.5 Å². The maximum absolute atomic E-state index is 13.0. The van der Waals surface area contributed by atoms with E-state index in [9.17, 15) is 4.39 Å². The van der Waals surface area contributed by atoms with Gasteiger partial charge in [-0.1, -0.05) is 0 Å². The van der Waals surface area contributed by atoms with Crippen molar-refractivity contribution in [1.29, 1.82) is 0 Å². The summed E-state index contributed by atoms with van der Waals surface area (Å²) in [4.78, 5) is 0. The maximum Gasteiger partial charge on any atom is 0.124 e. The van der Waals surface area contributed by atoms with E-state index in [0.717, 1.165) is 0 Å². The molecule has 0 radical (unpaired) electrons. The van der Waals surface area contributed by atoms with Crippen molar-refractivity contribution in [3.63, 3.8) is 0 Å². The molecule has 4 heteroatoms. The Morgan fingerprint density at radius 3 is 2.71 bits per heavy atom. The van der Waals surface area contributed by atoms with E-state index in [2.05, 4.69) is 0 Å². The van der Waals surface area contributed by atoms with E-state index < -0.39 is 11.4 Å². The van der Waals surface area contributed by atoms with Crippen LogP contribution in [0, 0.1) is 5.82 Å². The molecule has 0 spiro atoms. The number of hydrogen-bond donors (Lipinski definition) is 2. The van der Waals surface area contributed by atoms with E-state index in [1.807, 2.05) is 0 Å². The molecule has 0 saturated carbocycles. The molecule has 1 aromatic carbocycles. The minimum atomic E-state index is -0.993. The van der Waals surface area contributed by atoms with E-state index in [4.69, 9.17) is 15.6 Å². The monoisotopic (exact) mass is 199 g/mol. The summed E-state index contributed by atoms with van der Waals surface area (Å²) in [6.45, 7) is 1.34. The Kier molecular flexibility index (Phi) is 3.08. The highest BCUT2D eigenvalue weighted by Gasteiger charge is 2.24. The van der Waals surface area contributed by atoms with Gasteiger partial charge in [0.05, 0.1) is 19.3 Å². The van der Waals surface area contributed by atoms with Gasteiger partial charge in [-0.05, 0) is 25.1 Å². The quantitative estimate of drug-likeness (QED) is 0.763. The summed E-state index contributed by atoms with van der Waals surface area (Å²) in [6, 6.07) is 4.05. The van der Waals surface area contributed by atoms with Crippen molar-refractivity contribution in [3.8, 4) is 5.75 Å². The third kappa shape index (κ3) is 2.02. The van der Waals surface area contributed by atoms with Crippen LogP contribution in [-0.2, 0) is 5.54 Å². The third-order valence-electron chi connectivity index (χ3n) is 2.11. The molecular weight excluding hydrogens is 185 g/mol. The average Bonchev–Trinajstić information content (AvgIpc) is 2.18. The summed E-state index contributed by atoms with van der Waals surface area (Å²) >= 11 is 0. The van der Waals surface area contributed by atoms with Crippen molar-refractivity contribution < 1.29 is 14.2 Å². The zero-order chi connectivity index (χ0) is 10.8. The molecule has 3 nitrogen and oxygen atoms in total. The number of nitrogens with two attached hydrogens (primary N) is 1. The highest BCUT2D eigenvalue weighted by molar-refractivity contribution is 5.39. The van der Waals surface area contributed by atoms with Crippen molar-refractivity contribution in [2.75, 3.05) is 13.7 Å². The van der Waals surface area contributed by atoms with Crippen LogP contribution in [0.4, 0.5) is 4.39 Å². The van der Waals surface area contributed by atoms with Gasteiger partial charge in [0.15, 0.2) is 0 Å². The molecule has 0 amide bonds. The zero-order valence-corrected chi connectivity index (χ0v) is 8.25. The van der Waals surface area contributed by atoms with Crippen LogP contribution in [0.1, 0.15) is 12.5 Å². The standard InChI is InChI=1S/C10H14FNO2/c1-10(12,6-13)8-5-7(11)3-4-9(8)14-2/h3-5,13H,6,12H2,1-2H3/t10-/m1/s1. The fraction of sp³-hybridized carbons (Fsp3) is 0.400. The molecule has 1 rings (SSSR count). The van der Waals surface area contributed by atoms with Crippen LogP contribution in [-0.4, -0.2) is 18.8 Å². The van der Waals surface area contributed by atoms with E-state index in [-0.39, 0.29) is 6.61 Å². The predicted molar refractivity (Wildman–Crippen MR) is 51.6 cm³/mol. The first kappa shape index (κ1) is 10.9. The fourth-order valence-corrected chi connectivity index (χ4v) is 1.21. The normalized spacial score (nSPS) is 14.9. The highest BCUT2D eigenvalue weighted by atomic mass is 19.1. The van der Waals surface area contributed by atoms with Crippen LogP contribution in [0.25, 0.3) is 0 Å². The number of aliphatic hydroxyl groups is 1. The molecule has 78 valence electrons. The Hall–Kier alpha value is -1.13. The SMILES string of the molecule is COc1ccc(F)cc1[C@](C)(N)CO. The van der Waals surface area contributed by atoms with Crippen molar-refractivity contribution in [1.82, 2.24) is 0 Å². The fourth-order valence-electron chi connectivity index (χ4n) is 1.21. The van der Waals surface area contributed by atoms with E-state index >= 15 is 0 Å². The average molecular weight is 199 g/mol. The number of rotatable bonds is 3. The predicted octanol–water partition coefficient (Wildman–Crippen LogP) is 1.00. The lowest BCUT2D eigenvalue weighted by molar-refractivity contribution is 0.206. The minimum absolute atomic E-state index is 0.271. The second-order valence-electron chi connectivity index (χ2n) is 3.42. The minimum Gasteiger partial charge on any atom is -0.496 e. The van der Waals surface area contributed by atoms with Gasteiger partial charge in [-0.15, -0.1) is 0 Å². The Balaban J connectivity index is 3.23. The molecule has 0 bridgehead atoms. The van der Waals surface area contributed by atoms with E-state index in [1.165, 1.54) is 25.3 Å². The molecule has 14 heavy (non-hydrogen) atoms. The number of methoxy groups -OCH3 is 1. The van der Waals surface area contributed by atoms with Crippen molar-refractivity contribution >= 4 is 0 Å². The largest absolute Gasteiger partial charge is 0.496 e. The molecule has 0 aliphatic heterocycles. The first-order valence-corrected chi connectivity index (χ1v) is 4.25. The lowest BCUT2D eigenvalue weighted by atomic mass is 9.93. The Bertz CT molecular complexity index is 326. The second-order valence-corrected chi connectivity index (χ2v) is 3.42. The smallest absolute Gasteiger partial charge is 0.124 e. The summed E-state index contributed by atoms with van der Waals surface area (Å²) in [7, 11) is 1.48. The molecule has 0 aromatic heterocycles. The van der Waals surface area contributed by atoms with Gasteiger partial charge in [-0.3, -0.25) is 0 Å². The summed E-state index contributed by atoms with van der Waals surface area (Å²) < 4.78 is 18.0. The lowest BCUT2D eigenvalue weighted by Crippen LogP contribution is -2.37. The molecule has 0 unspecified atom stereocenters. The van der Waals surface area contributed by atoms with Crippen LogP contribution in [0.5, 0.6) is 5.75 Å². The Labute approximate surface area is 82.3 Å². The maximum atomic E-state index is 13.0. The first-order valence-electron chi connectivity index (χ1n) is 4.25. The number of hydrogen-bond acceptors (Lipinski definition) is 3. The molecule has 0 aliphatic carbocycles. The number of ether oxygens (including phenoxy) is 1. The van der Waals surface area contributed by atoms with Crippen molar-refractivity contribution in [2.45, 2.75) is 12.5 Å². The molecule has 1 aromatic rings. The zero-order valence-electron chi connectivity index (χ0n) is 8.25. The number of aliphatic hydroxyl groups excluding tert-OH is 1. The summed E-state index contributed by atoms with van der Waals surface area (Å²) in [5.74, 6) is 0.0800. The van der Waals surface area contributed by atoms with E-state index in [0.29, 0.717) is 11.3 Å². The Morgan fingerprint density at radius 2 is 2.21 bits per heavy atom. The lowest BCUT2D eigenvalue weighted by Gasteiger charge is -2.24. The van der Waals surface area contributed by atoms with Crippen LogP contribution in [0.2, 0.25) is 0 Å². The molecule has 3 N–H and O–H groups in total. The van der Waals surface area contributed by atoms with Gasteiger partial charge < -0.3 is 15.6 Å². The molecule has 1 atom stereocenters. The molecule has 0 aliphatic rings.